The van der Waals surface area contributed by atoms with Crippen LogP contribution in [0.5, 0.6) is 0 Å². The normalized spacial score (nSPS) is 13.9. The van der Waals surface area contributed by atoms with E-state index in [-0.39, 0.29) is 4.75 Å². The Labute approximate surface area is 98.9 Å². The van der Waals surface area contributed by atoms with E-state index in [0.717, 1.165) is 15.7 Å². The second kappa shape index (κ2) is 4.02. The third-order valence-corrected chi connectivity index (χ3v) is 4.37. The Balaban J connectivity index is 2.66. The monoisotopic (exact) mass is 232 g/mol. The Bertz CT molecular complexity index is 532. The van der Waals surface area contributed by atoms with Crippen LogP contribution < -0.4 is 0 Å². The Morgan fingerprint density at radius 3 is 2.25 bits per heavy atom. The molecule has 2 heteroatoms. The van der Waals surface area contributed by atoms with Crippen LogP contribution in [-0.4, -0.2) is 8.96 Å². The van der Waals surface area contributed by atoms with Crippen molar-refractivity contribution in [2.75, 3.05) is 0 Å². The molecule has 2 rings (SSSR count). The number of hydrogen-bond acceptors (Lipinski definition) is 1. The molecule has 1 nitrogen and oxygen atoms in total. The first-order valence-corrected chi connectivity index (χ1v) is 6.55. The van der Waals surface area contributed by atoms with Gasteiger partial charge >= 0.3 is 0 Å². The summed E-state index contributed by atoms with van der Waals surface area (Å²) >= 11 is 0. The minimum atomic E-state index is -0.975. The minimum Gasteiger partial charge on any atom is -0.254 e. The molecule has 0 amide bonds. The standard InChI is InChI=1S/C14H16OS/c1-14(2,3)16(15)13-10-6-8-11-7-4-5-9-12(11)13/h4-10H,1-3H3. The smallest absolute Gasteiger partial charge is 0.0589 e. The molecule has 1 atom stereocenters. The Hall–Kier alpha value is -1.15. The van der Waals surface area contributed by atoms with Crippen molar-refractivity contribution < 1.29 is 4.21 Å². The van der Waals surface area contributed by atoms with Crippen LogP contribution in [0.1, 0.15) is 20.8 Å². The van der Waals surface area contributed by atoms with Gasteiger partial charge in [-0.2, -0.15) is 0 Å². The van der Waals surface area contributed by atoms with Gasteiger partial charge in [-0.3, -0.25) is 4.21 Å². The molecule has 0 fully saturated rings. The van der Waals surface area contributed by atoms with Gasteiger partial charge < -0.3 is 0 Å². The second-order valence-electron chi connectivity index (χ2n) is 4.86. The predicted molar refractivity (Wildman–Crippen MR) is 70.1 cm³/mol. The van der Waals surface area contributed by atoms with E-state index in [1.165, 1.54) is 0 Å². The zero-order valence-electron chi connectivity index (χ0n) is 9.86. The van der Waals surface area contributed by atoms with E-state index >= 15 is 0 Å². The molecule has 0 spiro atoms. The maximum Gasteiger partial charge on any atom is 0.0589 e. The Morgan fingerprint density at radius 1 is 0.938 bits per heavy atom. The van der Waals surface area contributed by atoms with Crippen molar-refractivity contribution in [3.05, 3.63) is 42.5 Å². The van der Waals surface area contributed by atoms with Gasteiger partial charge in [-0.25, -0.2) is 0 Å². The summed E-state index contributed by atoms with van der Waals surface area (Å²) in [6, 6.07) is 14.1. The molecule has 84 valence electrons. The molecule has 0 aliphatic carbocycles. The van der Waals surface area contributed by atoms with E-state index in [1.807, 2.05) is 51.1 Å². The van der Waals surface area contributed by atoms with Gasteiger partial charge in [-0.05, 0) is 37.6 Å². The lowest BCUT2D eigenvalue weighted by atomic mass is 10.1. The van der Waals surface area contributed by atoms with Gasteiger partial charge in [0.15, 0.2) is 0 Å². The Kier molecular flexibility index (Phi) is 2.85. The van der Waals surface area contributed by atoms with Gasteiger partial charge in [0.2, 0.25) is 0 Å². The van der Waals surface area contributed by atoms with Crippen molar-refractivity contribution in [3.63, 3.8) is 0 Å². The average molecular weight is 232 g/mol. The first-order valence-electron chi connectivity index (χ1n) is 5.40. The molecule has 0 saturated carbocycles. The van der Waals surface area contributed by atoms with Crippen LogP contribution in [0, 0.1) is 0 Å². The van der Waals surface area contributed by atoms with E-state index in [2.05, 4.69) is 12.1 Å². The van der Waals surface area contributed by atoms with Crippen LogP contribution in [0.3, 0.4) is 0 Å². The largest absolute Gasteiger partial charge is 0.254 e. The zero-order chi connectivity index (χ0) is 11.8. The van der Waals surface area contributed by atoms with E-state index in [4.69, 9.17) is 0 Å². The fraction of sp³-hybridized carbons (Fsp3) is 0.286. The highest BCUT2D eigenvalue weighted by molar-refractivity contribution is 7.86. The predicted octanol–water partition coefficient (Wildman–Crippen LogP) is 3.75. The minimum absolute atomic E-state index is 0.218. The van der Waals surface area contributed by atoms with Crippen molar-refractivity contribution in [1.82, 2.24) is 0 Å². The van der Waals surface area contributed by atoms with Crippen molar-refractivity contribution >= 4 is 21.6 Å². The summed E-state index contributed by atoms with van der Waals surface area (Å²) in [7, 11) is -0.975. The molecule has 2 aromatic rings. The molecular weight excluding hydrogens is 216 g/mol. The molecule has 0 saturated heterocycles. The third-order valence-electron chi connectivity index (χ3n) is 2.51. The highest BCUT2D eigenvalue weighted by atomic mass is 32.2. The van der Waals surface area contributed by atoms with Gasteiger partial charge in [-0.1, -0.05) is 36.4 Å². The Morgan fingerprint density at radius 2 is 1.56 bits per heavy atom. The fourth-order valence-electron chi connectivity index (χ4n) is 1.69. The highest BCUT2D eigenvalue weighted by Crippen LogP contribution is 2.27. The summed E-state index contributed by atoms with van der Waals surface area (Å²) in [5.41, 5.74) is 0. The first kappa shape index (κ1) is 11.3. The van der Waals surface area contributed by atoms with Crippen LogP contribution in [-0.2, 0) is 10.8 Å². The summed E-state index contributed by atoms with van der Waals surface area (Å²) in [6.07, 6.45) is 0. The van der Waals surface area contributed by atoms with Crippen molar-refractivity contribution in [1.29, 1.82) is 0 Å². The van der Waals surface area contributed by atoms with E-state index in [9.17, 15) is 4.21 Å². The number of fused-ring (bicyclic) bond motifs is 1. The third kappa shape index (κ3) is 2.03. The van der Waals surface area contributed by atoms with Gasteiger partial charge in [0.05, 0.1) is 10.8 Å². The topological polar surface area (TPSA) is 17.1 Å². The molecule has 0 radical (unpaired) electrons. The summed E-state index contributed by atoms with van der Waals surface area (Å²) in [5, 5.41) is 2.25. The molecule has 2 aromatic carbocycles. The fourth-order valence-corrected chi connectivity index (χ4v) is 2.93. The second-order valence-corrected chi connectivity index (χ2v) is 7.06. The molecule has 1 unspecified atom stereocenters. The number of rotatable bonds is 1. The summed E-state index contributed by atoms with van der Waals surface area (Å²) in [4.78, 5) is 0.936. The van der Waals surface area contributed by atoms with E-state index in [0.29, 0.717) is 0 Å². The van der Waals surface area contributed by atoms with Gasteiger partial charge in [0, 0.05) is 9.64 Å². The molecule has 0 heterocycles. The number of hydrogen-bond donors (Lipinski definition) is 0. The van der Waals surface area contributed by atoms with Crippen LogP contribution in [0.25, 0.3) is 10.8 Å². The lowest BCUT2D eigenvalue weighted by molar-refractivity contribution is 0.649. The van der Waals surface area contributed by atoms with Gasteiger partial charge in [0.25, 0.3) is 0 Å². The first-order chi connectivity index (χ1) is 7.50. The summed E-state index contributed by atoms with van der Waals surface area (Å²) in [6.45, 7) is 6.01. The molecule has 0 aliphatic heterocycles. The van der Waals surface area contributed by atoms with E-state index < -0.39 is 10.8 Å². The molecule has 0 N–H and O–H groups in total. The summed E-state index contributed by atoms with van der Waals surface area (Å²) < 4.78 is 12.2. The summed E-state index contributed by atoms with van der Waals surface area (Å²) in [5.74, 6) is 0. The maximum absolute atomic E-state index is 12.4. The molecular formula is C14H16OS. The lowest BCUT2D eigenvalue weighted by Crippen LogP contribution is -2.21. The molecule has 16 heavy (non-hydrogen) atoms. The molecule has 0 aliphatic rings. The maximum atomic E-state index is 12.4. The number of benzene rings is 2. The highest BCUT2D eigenvalue weighted by Gasteiger charge is 2.22. The lowest BCUT2D eigenvalue weighted by Gasteiger charge is -2.18. The zero-order valence-corrected chi connectivity index (χ0v) is 10.7. The van der Waals surface area contributed by atoms with Gasteiger partial charge in [0.1, 0.15) is 0 Å². The van der Waals surface area contributed by atoms with Crippen LogP contribution in [0.2, 0.25) is 0 Å². The molecule has 0 aromatic heterocycles. The quantitative estimate of drug-likeness (QED) is 0.732. The van der Waals surface area contributed by atoms with Crippen LogP contribution in [0.4, 0.5) is 0 Å². The van der Waals surface area contributed by atoms with Crippen molar-refractivity contribution in [2.24, 2.45) is 0 Å². The SMILES string of the molecule is CC(C)(C)S(=O)c1cccc2ccccc12. The van der Waals surface area contributed by atoms with Crippen molar-refractivity contribution in [2.45, 2.75) is 30.4 Å². The average Bonchev–Trinajstić information content (AvgIpc) is 2.26. The van der Waals surface area contributed by atoms with Gasteiger partial charge in [-0.15, -0.1) is 0 Å². The molecule has 0 bridgehead atoms. The van der Waals surface area contributed by atoms with Crippen molar-refractivity contribution in [3.8, 4) is 0 Å². The van der Waals surface area contributed by atoms with E-state index in [1.54, 1.807) is 0 Å². The van der Waals surface area contributed by atoms with Crippen LogP contribution >= 0.6 is 0 Å². The van der Waals surface area contributed by atoms with Crippen LogP contribution in [0.15, 0.2) is 47.4 Å².